The molecule has 0 saturated carbocycles. The van der Waals surface area contributed by atoms with Crippen LogP contribution < -0.4 is 5.32 Å². The van der Waals surface area contributed by atoms with Crippen molar-refractivity contribution in [3.63, 3.8) is 0 Å². The maximum Gasteiger partial charge on any atom is 0.214 e. The highest BCUT2D eigenvalue weighted by molar-refractivity contribution is 7.89. The largest absolute Gasteiger partial charge is 0.396 e. The first kappa shape index (κ1) is 13.3. The first-order valence-electron chi connectivity index (χ1n) is 6.41. The third-order valence-electron chi connectivity index (χ3n) is 3.75. The van der Waals surface area contributed by atoms with E-state index in [1.165, 1.54) is 0 Å². The summed E-state index contributed by atoms with van der Waals surface area (Å²) in [6.07, 6.45) is 2.86. The van der Waals surface area contributed by atoms with Crippen molar-refractivity contribution in [2.45, 2.75) is 19.3 Å². The van der Waals surface area contributed by atoms with Crippen LogP contribution in [0, 0.1) is 11.8 Å². The molecule has 2 aliphatic rings. The Hall–Kier alpha value is -0.170. The lowest BCUT2D eigenvalue weighted by atomic mass is 10.0. The molecule has 2 N–H and O–H groups in total. The summed E-state index contributed by atoms with van der Waals surface area (Å²) >= 11 is 0. The summed E-state index contributed by atoms with van der Waals surface area (Å²) in [6, 6.07) is 0. The highest BCUT2D eigenvalue weighted by Crippen LogP contribution is 2.22. The monoisotopic (exact) mass is 262 g/mol. The van der Waals surface area contributed by atoms with Gasteiger partial charge in [0.2, 0.25) is 10.0 Å². The molecule has 2 rings (SSSR count). The molecule has 2 heterocycles. The molecule has 100 valence electrons. The SMILES string of the molecule is O=S(=O)(CC1CCCNC1)N1CCC(CO)C1. The summed E-state index contributed by atoms with van der Waals surface area (Å²) in [6.45, 7) is 2.99. The molecule has 0 amide bonds. The van der Waals surface area contributed by atoms with Gasteiger partial charge in [-0.2, -0.15) is 0 Å². The fourth-order valence-corrected chi connectivity index (χ4v) is 4.58. The first-order valence-corrected chi connectivity index (χ1v) is 8.02. The van der Waals surface area contributed by atoms with E-state index in [1.807, 2.05) is 0 Å². The van der Waals surface area contributed by atoms with Crippen molar-refractivity contribution in [2.75, 3.05) is 38.5 Å². The zero-order valence-corrected chi connectivity index (χ0v) is 11.0. The minimum absolute atomic E-state index is 0.0943. The van der Waals surface area contributed by atoms with E-state index >= 15 is 0 Å². The Morgan fingerprint density at radius 1 is 1.29 bits per heavy atom. The summed E-state index contributed by atoms with van der Waals surface area (Å²) in [5.41, 5.74) is 0. The van der Waals surface area contributed by atoms with Gasteiger partial charge in [0.25, 0.3) is 0 Å². The molecule has 2 unspecified atom stereocenters. The number of hydrogen-bond donors (Lipinski definition) is 2. The second-order valence-corrected chi connectivity index (χ2v) is 7.20. The Morgan fingerprint density at radius 2 is 2.12 bits per heavy atom. The predicted molar refractivity (Wildman–Crippen MR) is 66.1 cm³/mol. The summed E-state index contributed by atoms with van der Waals surface area (Å²) in [7, 11) is -3.12. The van der Waals surface area contributed by atoms with Crippen molar-refractivity contribution in [2.24, 2.45) is 11.8 Å². The molecule has 17 heavy (non-hydrogen) atoms. The fraction of sp³-hybridized carbons (Fsp3) is 1.00. The van der Waals surface area contributed by atoms with Crippen molar-refractivity contribution >= 4 is 10.0 Å². The Bertz CT molecular complexity index is 339. The number of sulfonamides is 1. The first-order chi connectivity index (χ1) is 8.12. The summed E-state index contributed by atoms with van der Waals surface area (Å²) < 4.78 is 25.9. The van der Waals surface area contributed by atoms with Gasteiger partial charge in [-0.1, -0.05) is 0 Å². The third-order valence-corrected chi connectivity index (χ3v) is 5.76. The van der Waals surface area contributed by atoms with Gasteiger partial charge in [-0.3, -0.25) is 0 Å². The molecule has 5 nitrogen and oxygen atoms in total. The lowest BCUT2D eigenvalue weighted by Gasteiger charge is -2.25. The zero-order chi connectivity index (χ0) is 12.3. The molecular formula is C11H22N2O3S. The minimum Gasteiger partial charge on any atom is -0.396 e. The minimum atomic E-state index is -3.12. The Morgan fingerprint density at radius 3 is 2.71 bits per heavy atom. The third kappa shape index (κ3) is 3.40. The van der Waals surface area contributed by atoms with E-state index in [4.69, 9.17) is 5.11 Å². The molecule has 0 spiro atoms. The van der Waals surface area contributed by atoms with E-state index in [9.17, 15) is 8.42 Å². The van der Waals surface area contributed by atoms with Crippen LogP contribution in [-0.2, 0) is 10.0 Å². The van der Waals surface area contributed by atoms with E-state index in [-0.39, 0.29) is 24.2 Å². The molecule has 0 aromatic rings. The number of nitrogens with one attached hydrogen (secondary N) is 1. The molecular weight excluding hydrogens is 240 g/mol. The van der Waals surface area contributed by atoms with Crippen molar-refractivity contribution in [3.8, 4) is 0 Å². The summed E-state index contributed by atoms with van der Waals surface area (Å²) in [4.78, 5) is 0. The maximum atomic E-state index is 12.2. The van der Waals surface area contributed by atoms with Crippen LogP contribution in [0.5, 0.6) is 0 Å². The second-order valence-electron chi connectivity index (χ2n) is 5.19. The molecule has 0 aliphatic carbocycles. The quantitative estimate of drug-likeness (QED) is 0.725. The molecule has 2 atom stereocenters. The molecule has 0 bridgehead atoms. The van der Waals surface area contributed by atoms with Gasteiger partial charge < -0.3 is 10.4 Å². The zero-order valence-electron chi connectivity index (χ0n) is 10.1. The van der Waals surface area contributed by atoms with Gasteiger partial charge in [0.15, 0.2) is 0 Å². The summed E-state index contributed by atoms with van der Waals surface area (Å²) in [5, 5.41) is 12.3. The molecule has 0 aromatic heterocycles. The van der Waals surface area contributed by atoms with Gasteiger partial charge in [0, 0.05) is 19.7 Å². The molecule has 2 aliphatic heterocycles. The lowest BCUT2D eigenvalue weighted by Crippen LogP contribution is -2.39. The van der Waals surface area contributed by atoms with Gasteiger partial charge in [-0.15, -0.1) is 0 Å². The standard InChI is InChI=1S/C11H22N2O3S/c14-8-11-3-5-13(7-11)17(15,16)9-10-2-1-4-12-6-10/h10-12,14H,1-9H2. The molecule has 0 aromatic carbocycles. The smallest absolute Gasteiger partial charge is 0.214 e. The second kappa shape index (κ2) is 5.65. The molecule has 0 radical (unpaired) electrons. The van der Waals surface area contributed by atoms with Gasteiger partial charge in [0.1, 0.15) is 0 Å². The van der Waals surface area contributed by atoms with Crippen LogP contribution in [0.4, 0.5) is 0 Å². The average Bonchev–Trinajstić information content (AvgIpc) is 2.79. The number of rotatable bonds is 4. The Balaban J connectivity index is 1.90. The normalized spacial score (nSPS) is 31.8. The van der Waals surface area contributed by atoms with E-state index in [0.29, 0.717) is 13.1 Å². The van der Waals surface area contributed by atoms with Crippen LogP contribution in [0.3, 0.4) is 0 Å². The molecule has 2 saturated heterocycles. The maximum absolute atomic E-state index is 12.2. The number of aliphatic hydroxyl groups excluding tert-OH is 1. The van der Waals surface area contributed by atoms with Crippen LogP contribution in [0.2, 0.25) is 0 Å². The predicted octanol–water partition coefficient (Wildman–Crippen LogP) is -0.370. The van der Waals surface area contributed by atoms with Crippen LogP contribution >= 0.6 is 0 Å². The van der Waals surface area contributed by atoms with Gasteiger partial charge in [0.05, 0.1) is 5.75 Å². The van der Waals surface area contributed by atoms with Gasteiger partial charge in [-0.25, -0.2) is 12.7 Å². The molecule has 2 fully saturated rings. The highest BCUT2D eigenvalue weighted by Gasteiger charge is 2.32. The fourth-order valence-electron chi connectivity index (χ4n) is 2.67. The van der Waals surface area contributed by atoms with Gasteiger partial charge >= 0.3 is 0 Å². The van der Waals surface area contributed by atoms with E-state index in [1.54, 1.807) is 4.31 Å². The van der Waals surface area contributed by atoms with Crippen molar-refractivity contribution in [3.05, 3.63) is 0 Å². The number of hydrogen-bond acceptors (Lipinski definition) is 4. The lowest BCUT2D eigenvalue weighted by molar-refractivity contribution is 0.233. The highest BCUT2D eigenvalue weighted by atomic mass is 32.2. The van der Waals surface area contributed by atoms with Crippen molar-refractivity contribution in [1.29, 1.82) is 0 Å². The van der Waals surface area contributed by atoms with Gasteiger partial charge in [-0.05, 0) is 44.2 Å². The molecule has 6 heteroatoms. The summed E-state index contributed by atoms with van der Waals surface area (Å²) in [5.74, 6) is 0.647. The topological polar surface area (TPSA) is 69.6 Å². The van der Waals surface area contributed by atoms with Crippen LogP contribution in [0.1, 0.15) is 19.3 Å². The number of piperidine rings is 1. The number of nitrogens with zero attached hydrogens (tertiary/aromatic N) is 1. The Labute approximate surface area is 103 Å². The van der Waals surface area contributed by atoms with Crippen molar-refractivity contribution in [1.82, 2.24) is 9.62 Å². The van der Waals surface area contributed by atoms with Crippen LogP contribution in [-0.4, -0.2) is 56.4 Å². The van der Waals surface area contributed by atoms with Crippen molar-refractivity contribution < 1.29 is 13.5 Å². The Kier molecular flexibility index (Phi) is 4.41. The van der Waals surface area contributed by atoms with E-state index in [0.717, 1.165) is 32.4 Å². The average molecular weight is 262 g/mol. The van der Waals surface area contributed by atoms with E-state index in [2.05, 4.69) is 5.32 Å². The number of aliphatic hydroxyl groups is 1. The van der Waals surface area contributed by atoms with Crippen LogP contribution in [0.15, 0.2) is 0 Å². The van der Waals surface area contributed by atoms with E-state index < -0.39 is 10.0 Å². The van der Waals surface area contributed by atoms with Crippen LogP contribution in [0.25, 0.3) is 0 Å².